The van der Waals surface area contributed by atoms with Crippen molar-refractivity contribution < 1.29 is 5.11 Å². The van der Waals surface area contributed by atoms with E-state index in [4.69, 9.17) is 0 Å². The van der Waals surface area contributed by atoms with Crippen LogP contribution in [0.1, 0.15) is 16.3 Å². The summed E-state index contributed by atoms with van der Waals surface area (Å²) in [6.45, 7) is 2.78. The van der Waals surface area contributed by atoms with Gasteiger partial charge in [0.05, 0.1) is 35.6 Å². The number of nitrogens with zero attached hydrogens (tertiary/aromatic N) is 3. The lowest BCUT2D eigenvalue weighted by Gasteiger charge is -2.21. The monoisotopic (exact) mass is 299 g/mol. The van der Waals surface area contributed by atoms with Crippen LogP contribution in [-0.4, -0.2) is 22.1 Å². The van der Waals surface area contributed by atoms with Gasteiger partial charge in [-0.15, -0.1) is 11.3 Å². The fraction of sp³-hybridized carbons (Fsp3) is 0.250. The number of thiazole rings is 1. The SMILES string of the molecule is Cc1ncsc1CN(C)c1cc(CO)nc2ccccc12. The maximum atomic E-state index is 9.42. The third kappa shape index (κ3) is 2.75. The summed E-state index contributed by atoms with van der Waals surface area (Å²) in [6, 6.07) is 9.98. The summed E-state index contributed by atoms with van der Waals surface area (Å²) in [6.07, 6.45) is 0. The van der Waals surface area contributed by atoms with Gasteiger partial charge in [0.1, 0.15) is 0 Å². The van der Waals surface area contributed by atoms with Crippen molar-refractivity contribution in [3.05, 3.63) is 52.1 Å². The number of rotatable bonds is 4. The van der Waals surface area contributed by atoms with Crippen molar-refractivity contribution >= 4 is 27.9 Å². The number of hydrogen-bond acceptors (Lipinski definition) is 5. The number of benzene rings is 1. The van der Waals surface area contributed by atoms with Gasteiger partial charge in [-0.3, -0.25) is 4.98 Å². The van der Waals surface area contributed by atoms with Crippen LogP contribution in [0.5, 0.6) is 0 Å². The van der Waals surface area contributed by atoms with Gasteiger partial charge in [-0.1, -0.05) is 18.2 Å². The van der Waals surface area contributed by atoms with Gasteiger partial charge in [-0.25, -0.2) is 4.98 Å². The zero-order chi connectivity index (χ0) is 14.8. The molecular weight excluding hydrogens is 282 g/mol. The molecule has 3 aromatic rings. The Labute approximate surface area is 127 Å². The zero-order valence-electron chi connectivity index (χ0n) is 12.1. The van der Waals surface area contributed by atoms with E-state index in [1.165, 1.54) is 4.88 Å². The molecule has 0 bridgehead atoms. The molecule has 1 aromatic carbocycles. The van der Waals surface area contributed by atoms with Crippen LogP contribution in [0.2, 0.25) is 0 Å². The van der Waals surface area contributed by atoms with E-state index < -0.39 is 0 Å². The number of aliphatic hydroxyl groups excluding tert-OH is 1. The molecule has 21 heavy (non-hydrogen) atoms. The molecule has 3 rings (SSSR count). The number of aromatic nitrogens is 2. The highest BCUT2D eigenvalue weighted by Gasteiger charge is 2.11. The second-order valence-electron chi connectivity index (χ2n) is 5.02. The van der Waals surface area contributed by atoms with Crippen molar-refractivity contribution in [2.24, 2.45) is 0 Å². The second kappa shape index (κ2) is 5.79. The minimum Gasteiger partial charge on any atom is -0.390 e. The Morgan fingerprint density at radius 1 is 1.29 bits per heavy atom. The van der Waals surface area contributed by atoms with Crippen molar-refractivity contribution in [2.45, 2.75) is 20.1 Å². The number of pyridine rings is 1. The zero-order valence-corrected chi connectivity index (χ0v) is 12.9. The van der Waals surface area contributed by atoms with E-state index in [9.17, 15) is 5.11 Å². The van der Waals surface area contributed by atoms with E-state index >= 15 is 0 Å². The molecule has 4 nitrogen and oxygen atoms in total. The average Bonchev–Trinajstić information content (AvgIpc) is 2.91. The molecule has 0 saturated heterocycles. The summed E-state index contributed by atoms with van der Waals surface area (Å²) in [4.78, 5) is 12.2. The Balaban J connectivity index is 2.04. The van der Waals surface area contributed by atoms with Crippen LogP contribution in [0.3, 0.4) is 0 Å². The van der Waals surface area contributed by atoms with E-state index in [-0.39, 0.29) is 6.61 Å². The van der Waals surface area contributed by atoms with E-state index in [1.807, 2.05) is 36.7 Å². The predicted molar refractivity (Wildman–Crippen MR) is 86.6 cm³/mol. The molecule has 0 radical (unpaired) electrons. The Morgan fingerprint density at radius 2 is 2.10 bits per heavy atom. The van der Waals surface area contributed by atoms with E-state index in [0.29, 0.717) is 5.69 Å². The highest BCUT2D eigenvalue weighted by Crippen LogP contribution is 2.28. The Bertz CT molecular complexity index is 769. The van der Waals surface area contributed by atoms with Gasteiger partial charge in [0.25, 0.3) is 0 Å². The second-order valence-corrected chi connectivity index (χ2v) is 5.96. The lowest BCUT2D eigenvalue weighted by molar-refractivity contribution is 0.277. The number of para-hydroxylation sites is 1. The molecule has 2 aromatic heterocycles. The standard InChI is InChI=1S/C16H17N3OS/c1-11-16(21-10-17-11)8-19(2)15-7-12(9-20)18-14-6-4-3-5-13(14)15/h3-7,10,20H,8-9H2,1-2H3. The number of anilines is 1. The van der Waals surface area contributed by atoms with Gasteiger partial charge in [0, 0.05) is 23.0 Å². The maximum absolute atomic E-state index is 9.42. The van der Waals surface area contributed by atoms with Crippen LogP contribution in [0.25, 0.3) is 10.9 Å². The number of aryl methyl sites for hydroxylation is 1. The molecule has 0 unspecified atom stereocenters. The summed E-state index contributed by atoms with van der Waals surface area (Å²) in [5.41, 5.74) is 5.64. The van der Waals surface area contributed by atoms with Crippen LogP contribution >= 0.6 is 11.3 Å². The molecular formula is C16H17N3OS. The van der Waals surface area contributed by atoms with Crippen molar-refractivity contribution in [3.8, 4) is 0 Å². The molecule has 5 heteroatoms. The van der Waals surface area contributed by atoms with Gasteiger partial charge in [-0.05, 0) is 19.1 Å². The van der Waals surface area contributed by atoms with Crippen molar-refractivity contribution in [1.29, 1.82) is 0 Å². The molecule has 0 saturated carbocycles. The fourth-order valence-electron chi connectivity index (χ4n) is 2.39. The Kier molecular flexibility index (Phi) is 3.86. The first-order valence-electron chi connectivity index (χ1n) is 6.78. The third-order valence-electron chi connectivity index (χ3n) is 3.55. The Morgan fingerprint density at radius 3 is 2.81 bits per heavy atom. The molecule has 0 aliphatic rings. The molecule has 0 atom stereocenters. The lowest BCUT2D eigenvalue weighted by atomic mass is 10.1. The summed E-state index contributed by atoms with van der Waals surface area (Å²) in [5, 5.41) is 10.5. The molecule has 2 heterocycles. The van der Waals surface area contributed by atoms with Gasteiger partial charge in [0.15, 0.2) is 0 Å². The van der Waals surface area contributed by atoms with Crippen molar-refractivity contribution in [1.82, 2.24) is 9.97 Å². The minimum absolute atomic E-state index is 0.0503. The van der Waals surface area contributed by atoms with Gasteiger partial charge < -0.3 is 10.0 Å². The first-order chi connectivity index (χ1) is 10.2. The van der Waals surface area contributed by atoms with E-state index in [2.05, 4.69) is 28.0 Å². The molecule has 108 valence electrons. The molecule has 0 aliphatic carbocycles. The van der Waals surface area contributed by atoms with Gasteiger partial charge in [0.2, 0.25) is 0 Å². The first kappa shape index (κ1) is 14.0. The number of aliphatic hydroxyl groups is 1. The van der Waals surface area contributed by atoms with E-state index in [0.717, 1.165) is 28.8 Å². The summed E-state index contributed by atoms with van der Waals surface area (Å²) < 4.78 is 0. The summed E-state index contributed by atoms with van der Waals surface area (Å²) in [5.74, 6) is 0. The van der Waals surface area contributed by atoms with Crippen LogP contribution in [-0.2, 0) is 13.2 Å². The third-order valence-corrected chi connectivity index (χ3v) is 4.47. The van der Waals surface area contributed by atoms with Gasteiger partial charge >= 0.3 is 0 Å². The quantitative estimate of drug-likeness (QED) is 0.804. The van der Waals surface area contributed by atoms with Crippen molar-refractivity contribution in [3.63, 3.8) is 0 Å². The molecule has 1 N–H and O–H groups in total. The average molecular weight is 299 g/mol. The highest BCUT2D eigenvalue weighted by molar-refractivity contribution is 7.09. The van der Waals surface area contributed by atoms with Crippen LogP contribution < -0.4 is 4.90 Å². The smallest absolute Gasteiger partial charge is 0.0854 e. The number of fused-ring (bicyclic) bond motifs is 1. The molecule has 0 aliphatic heterocycles. The number of hydrogen-bond donors (Lipinski definition) is 1. The molecule has 0 fully saturated rings. The highest BCUT2D eigenvalue weighted by atomic mass is 32.1. The molecule has 0 amide bonds. The maximum Gasteiger partial charge on any atom is 0.0854 e. The lowest BCUT2D eigenvalue weighted by Crippen LogP contribution is -2.17. The van der Waals surface area contributed by atoms with Crippen LogP contribution in [0.4, 0.5) is 5.69 Å². The minimum atomic E-state index is -0.0503. The largest absolute Gasteiger partial charge is 0.390 e. The summed E-state index contributed by atoms with van der Waals surface area (Å²) in [7, 11) is 2.06. The first-order valence-corrected chi connectivity index (χ1v) is 7.66. The fourth-order valence-corrected chi connectivity index (χ4v) is 3.22. The van der Waals surface area contributed by atoms with Crippen LogP contribution in [0, 0.1) is 6.92 Å². The normalized spacial score (nSPS) is 11.0. The Hall–Kier alpha value is -1.98. The summed E-state index contributed by atoms with van der Waals surface area (Å²) >= 11 is 1.67. The van der Waals surface area contributed by atoms with Crippen LogP contribution in [0.15, 0.2) is 35.8 Å². The van der Waals surface area contributed by atoms with Gasteiger partial charge in [-0.2, -0.15) is 0 Å². The molecule has 0 spiro atoms. The predicted octanol–water partition coefficient (Wildman–Crippen LogP) is 3.13. The topological polar surface area (TPSA) is 49.2 Å². The van der Waals surface area contributed by atoms with E-state index in [1.54, 1.807) is 11.3 Å². The van der Waals surface area contributed by atoms with Crippen molar-refractivity contribution in [2.75, 3.05) is 11.9 Å².